The SMILES string of the molecule is N[C@H]1CCN(CCC2CCNCC2)C1. The predicted molar refractivity (Wildman–Crippen MR) is 59.2 cm³/mol. The topological polar surface area (TPSA) is 41.3 Å². The Morgan fingerprint density at radius 2 is 2.00 bits per heavy atom. The van der Waals surface area contributed by atoms with Crippen molar-refractivity contribution in [2.45, 2.75) is 31.7 Å². The van der Waals surface area contributed by atoms with Gasteiger partial charge in [-0.3, -0.25) is 0 Å². The smallest absolute Gasteiger partial charge is 0.0180 e. The Balaban J connectivity index is 1.61. The lowest BCUT2D eigenvalue weighted by molar-refractivity contribution is 0.270. The molecule has 0 aliphatic carbocycles. The lowest BCUT2D eigenvalue weighted by Crippen LogP contribution is -2.32. The van der Waals surface area contributed by atoms with E-state index in [2.05, 4.69) is 10.2 Å². The number of hydrogen-bond donors (Lipinski definition) is 2. The summed E-state index contributed by atoms with van der Waals surface area (Å²) in [6, 6.07) is 0.447. The number of nitrogens with two attached hydrogens (primary N) is 1. The van der Waals surface area contributed by atoms with Crippen LogP contribution in [0.25, 0.3) is 0 Å². The van der Waals surface area contributed by atoms with Gasteiger partial charge in [0.25, 0.3) is 0 Å². The normalized spacial score (nSPS) is 31.1. The Labute approximate surface area is 87.0 Å². The van der Waals surface area contributed by atoms with Crippen LogP contribution in [0.4, 0.5) is 0 Å². The van der Waals surface area contributed by atoms with Crippen LogP contribution in [0.5, 0.6) is 0 Å². The van der Waals surface area contributed by atoms with Gasteiger partial charge in [-0.15, -0.1) is 0 Å². The lowest BCUT2D eigenvalue weighted by atomic mass is 9.94. The summed E-state index contributed by atoms with van der Waals surface area (Å²) in [5.74, 6) is 0.966. The van der Waals surface area contributed by atoms with Crippen molar-refractivity contribution in [2.75, 3.05) is 32.7 Å². The second-order valence-corrected chi connectivity index (χ2v) is 4.83. The molecule has 82 valence electrons. The van der Waals surface area contributed by atoms with Gasteiger partial charge in [0.15, 0.2) is 0 Å². The zero-order valence-corrected chi connectivity index (χ0v) is 9.04. The molecule has 2 saturated heterocycles. The maximum atomic E-state index is 5.88. The van der Waals surface area contributed by atoms with Crippen LogP contribution in [0.15, 0.2) is 0 Å². The zero-order chi connectivity index (χ0) is 9.80. The largest absolute Gasteiger partial charge is 0.326 e. The average molecular weight is 197 g/mol. The molecule has 14 heavy (non-hydrogen) atoms. The standard InChI is InChI=1S/C11H23N3/c12-11-4-8-14(9-11)7-3-10-1-5-13-6-2-10/h10-11,13H,1-9,12H2/t11-/m0/s1. The van der Waals surface area contributed by atoms with Crippen molar-refractivity contribution in [1.82, 2.24) is 10.2 Å². The van der Waals surface area contributed by atoms with Crippen LogP contribution in [-0.4, -0.2) is 43.7 Å². The number of rotatable bonds is 3. The predicted octanol–water partition coefficient (Wildman–Crippen LogP) is 0.409. The second-order valence-electron chi connectivity index (χ2n) is 4.83. The minimum absolute atomic E-state index is 0.447. The summed E-state index contributed by atoms with van der Waals surface area (Å²) in [5, 5.41) is 3.42. The first-order valence-electron chi connectivity index (χ1n) is 6.03. The van der Waals surface area contributed by atoms with Crippen LogP contribution >= 0.6 is 0 Å². The Morgan fingerprint density at radius 1 is 1.21 bits per heavy atom. The van der Waals surface area contributed by atoms with E-state index >= 15 is 0 Å². The van der Waals surface area contributed by atoms with Gasteiger partial charge in [-0.2, -0.15) is 0 Å². The van der Waals surface area contributed by atoms with Crippen LogP contribution in [0.2, 0.25) is 0 Å². The van der Waals surface area contributed by atoms with Gasteiger partial charge >= 0.3 is 0 Å². The van der Waals surface area contributed by atoms with Crippen molar-refractivity contribution in [1.29, 1.82) is 0 Å². The van der Waals surface area contributed by atoms with E-state index in [4.69, 9.17) is 5.73 Å². The third kappa shape index (κ3) is 2.94. The average Bonchev–Trinajstić information content (AvgIpc) is 2.63. The highest BCUT2D eigenvalue weighted by molar-refractivity contribution is 4.79. The second kappa shape index (κ2) is 5.10. The lowest BCUT2D eigenvalue weighted by Gasteiger charge is -2.24. The van der Waals surface area contributed by atoms with Crippen LogP contribution in [0, 0.1) is 5.92 Å². The molecule has 2 aliphatic rings. The fourth-order valence-electron chi connectivity index (χ4n) is 2.60. The van der Waals surface area contributed by atoms with Crippen LogP contribution in [0.1, 0.15) is 25.7 Å². The minimum Gasteiger partial charge on any atom is -0.326 e. The van der Waals surface area contributed by atoms with Crippen molar-refractivity contribution in [3.8, 4) is 0 Å². The molecule has 2 heterocycles. The van der Waals surface area contributed by atoms with Crippen molar-refractivity contribution < 1.29 is 0 Å². The van der Waals surface area contributed by atoms with Gasteiger partial charge in [0.05, 0.1) is 0 Å². The van der Waals surface area contributed by atoms with Gasteiger partial charge < -0.3 is 16.0 Å². The van der Waals surface area contributed by atoms with Crippen molar-refractivity contribution in [3.05, 3.63) is 0 Å². The van der Waals surface area contributed by atoms with Crippen molar-refractivity contribution >= 4 is 0 Å². The van der Waals surface area contributed by atoms with Gasteiger partial charge in [-0.1, -0.05) is 0 Å². The summed E-state index contributed by atoms with van der Waals surface area (Å²) < 4.78 is 0. The molecule has 2 fully saturated rings. The van der Waals surface area contributed by atoms with E-state index in [1.807, 2.05) is 0 Å². The molecule has 0 aromatic heterocycles. The molecule has 0 saturated carbocycles. The summed E-state index contributed by atoms with van der Waals surface area (Å²) in [6.45, 7) is 6.09. The van der Waals surface area contributed by atoms with Gasteiger partial charge in [0, 0.05) is 12.6 Å². The highest BCUT2D eigenvalue weighted by atomic mass is 15.2. The molecule has 2 aliphatic heterocycles. The van der Waals surface area contributed by atoms with E-state index in [1.54, 1.807) is 0 Å². The fourth-order valence-corrected chi connectivity index (χ4v) is 2.60. The van der Waals surface area contributed by atoms with E-state index in [0.29, 0.717) is 6.04 Å². The third-order valence-electron chi connectivity index (χ3n) is 3.62. The maximum Gasteiger partial charge on any atom is 0.0180 e. The number of hydrogen-bond acceptors (Lipinski definition) is 3. The van der Waals surface area contributed by atoms with Crippen LogP contribution in [-0.2, 0) is 0 Å². The summed E-state index contributed by atoms with van der Waals surface area (Å²) in [4.78, 5) is 2.53. The zero-order valence-electron chi connectivity index (χ0n) is 9.04. The molecule has 1 atom stereocenters. The Morgan fingerprint density at radius 3 is 2.64 bits per heavy atom. The highest BCUT2D eigenvalue weighted by Gasteiger charge is 2.20. The maximum absolute atomic E-state index is 5.88. The molecule has 0 amide bonds. The number of nitrogens with one attached hydrogen (secondary N) is 1. The van der Waals surface area contributed by atoms with E-state index in [0.717, 1.165) is 12.5 Å². The molecule has 3 nitrogen and oxygen atoms in total. The van der Waals surface area contributed by atoms with Crippen molar-refractivity contribution in [2.24, 2.45) is 11.7 Å². The Bertz CT molecular complexity index is 161. The molecule has 3 N–H and O–H groups in total. The van der Waals surface area contributed by atoms with E-state index in [9.17, 15) is 0 Å². The van der Waals surface area contributed by atoms with E-state index in [-0.39, 0.29) is 0 Å². The number of piperidine rings is 1. The highest BCUT2D eigenvalue weighted by Crippen LogP contribution is 2.17. The first kappa shape index (κ1) is 10.4. The fraction of sp³-hybridized carbons (Fsp3) is 1.00. The monoisotopic (exact) mass is 197 g/mol. The molecular formula is C11H23N3. The first-order chi connectivity index (χ1) is 6.84. The summed E-state index contributed by atoms with van der Waals surface area (Å²) in [5.41, 5.74) is 5.88. The molecule has 2 rings (SSSR count). The number of nitrogens with zero attached hydrogens (tertiary/aromatic N) is 1. The van der Waals surface area contributed by atoms with Crippen molar-refractivity contribution in [3.63, 3.8) is 0 Å². The molecule has 0 aromatic carbocycles. The summed E-state index contributed by atoms with van der Waals surface area (Å²) in [6.07, 6.45) is 5.33. The third-order valence-corrected chi connectivity index (χ3v) is 3.62. The van der Waals surface area contributed by atoms with Crippen LogP contribution in [0.3, 0.4) is 0 Å². The van der Waals surface area contributed by atoms with Gasteiger partial charge in [-0.25, -0.2) is 0 Å². The van der Waals surface area contributed by atoms with Gasteiger partial charge in [0.1, 0.15) is 0 Å². The molecule has 0 radical (unpaired) electrons. The van der Waals surface area contributed by atoms with E-state index < -0.39 is 0 Å². The Kier molecular flexibility index (Phi) is 3.79. The molecule has 3 heteroatoms. The van der Waals surface area contributed by atoms with Crippen LogP contribution < -0.4 is 11.1 Å². The number of likely N-dealkylation sites (tertiary alicyclic amines) is 1. The summed E-state index contributed by atoms with van der Waals surface area (Å²) in [7, 11) is 0. The van der Waals surface area contributed by atoms with E-state index in [1.165, 1.54) is 51.9 Å². The molecule has 0 unspecified atom stereocenters. The summed E-state index contributed by atoms with van der Waals surface area (Å²) >= 11 is 0. The molecular weight excluding hydrogens is 174 g/mol. The minimum atomic E-state index is 0.447. The van der Waals surface area contributed by atoms with Gasteiger partial charge in [-0.05, 0) is 57.8 Å². The first-order valence-corrected chi connectivity index (χ1v) is 6.03. The quantitative estimate of drug-likeness (QED) is 0.688. The molecule has 0 aromatic rings. The Hall–Kier alpha value is -0.120. The molecule has 0 spiro atoms. The molecule has 0 bridgehead atoms. The van der Waals surface area contributed by atoms with Gasteiger partial charge in [0.2, 0.25) is 0 Å².